The zero-order valence-electron chi connectivity index (χ0n) is 25.5. The zero-order chi connectivity index (χ0) is 32.5. The Balaban J connectivity index is 1.35. The number of nitrogens with zero attached hydrogens (tertiary/aromatic N) is 4. The number of benzene rings is 2. The van der Waals surface area contributed by atoms with Crippen molar-refractivity contribution >= 4 is 52.3 Å². The normalized spacial score (nSPS) is 19.0. The van der Waals surface area contributed by atoms with E-state index in [1.165, 1.54) is 24.3 Å². The largest absolute Gasteiger partial charge is 0.492 e. The summed E-state index contributed by atoms with van der Waals surface area (Å²) in [5.74, 6) is -0.590. The first-order valence-electron chi connectivity index (χ1n) is 15.6. The maximum absolute atomic E-state index is 14.0. The van der Waals surface area contributed by atoms with Gasteiger partial charge in [0.25, 0.3) is 15.6 Å². The van der Waals surface area contributed by atoms with Crippen LogP contribution in [-0.4, -0.2) is 82.4 Å². The number of alkyl halides is 3. The summed E-state index contributed by atoms with van der Waals surface area (Å²) in [6.45, 7) is 5.04. The van der Waals surface area contributed by atoms with Gasteiger partial charge in [-0.05, 0) is 73.7 Å². The van der Waals surface area contributed by atoms with Gasteiger partial charge in [-0.25, -0.2) is 4.39 Å². The highest BCUT2D eigenvalue weighted by Crippen LogP contribution is 2.36. The van der Waals surface area contributed by atoms with Crippen LogP contribution in [0.4, 0.5) is 10.1 Å². The second-order valence-electron chi connectivity index (χ2n) is 11.7. The third-order valence-corrected chi connectivity index (χ3v) is 8.93. The fourth-order valence-electron chi connectivity index (χ4n) is 6.08. The first-order valence-corrected chi connectivity index (χ1v) is 16.7. The Kier molecular flexibility index (Phi) is 12.1. The van der Waals surface area contributed by atoms with Crippen molar-refractivity contribution in [3.05, 3.63) is 90.0 Å². The summed E-state index contributed by atoms with van der Waals surface area (Å²) in [6.07, 6.45) is 4.66. The molecule has 2 fully saturated rings. The summed E-state index contributed by atoms with van der Waals surface area (Å²) in [5, 5.41) is 0. The monoisotopic (exact) mass is 690 g/mol. The van der Waals surface area contributed by atoms with Gasteiger partial charge >= 0.3 is 0 Å². The van der Waals surface area contributed by atoms with Gasteiger partial charge in [0.15, 0.2) is 0 Å². The molecular weight excluding hydrogens is 654 g/mol. The van der Waals surface area contributed by atoms with Gasteiger partial charge in [0.2, 0.25) is 0 Å². The molecule has 2 unspecified atom stereocenters. The second-order valence-corrected chi connectivity index (χ2v) is 13.9. The number of anilines is 1. The Morgan fingerprint density at radius 3 is 2.52 bits per heavy atom. The molecule has 0 N–H and O–H groups in total. The van der Waals surface area contributed by atoms with Crippen LogP contribution >= 0.6 is 34.8 Å². The molecule has 1 saturated heterocycles. The summed E-state index contributed by atoms with van der Waals surface area (Å²) in [5.41, 5.74) is 1.73. The molecule has 2 atom stereocenters. The Hall–Kier alpha value is -2.95. The van der Waals surface area contributed by atoms with Crippen LogP contribution < -0.4 is 9.64 Å². The van der Waals surface area contributed by atoms with E-state index >= 15 is 0 Å². The van der Waals surface area contributed by atoms with Crippen LogP contribution in [0, 0.1) is 11.7 Å². The Bertz CT molecular complexity index is 1440. The highest BCUT2D eigenvalue weighted by molar-refractivity contribution is 6.76. The molecule has 2 aromatic carbocycles. The minimum atomic E-state index is -2.12. The van der Waals surface area contributed by atoms with Crippen molar-refractivity contribution in [2.24, 2.45) is 5.92 Å². The first kappa shape index (κ1) is 34.4. The van der Waals surface area contributed by atoms with Crippen LogP contribution in [0.1, 0.15) is 41.7 Å². The number of halogens is 4. The van der Waals surface area contributed by atoms with Crippen LogP contribution in [0.5, 0.6) is 5.75 Å². The number of hydrogen-bond acceptors (Lipinski definition) is 6. The maximum Gasteiger partial charge on any atom is 0.275 e. The molecule has 2 aliphatic rings. The van der Waals surface area contributed by atoms with Crippen molar-refractivity contribution in [3.63, 3.8) is 0 Å². The molecule has 3 aromatic rings. The number of ether oxygens (including phenoxy) is 2. The number of pyridine rings is 1. The molecule has 246 valence electrons. The molecule has 2 amide bonds. The Labute approximate surface area is 284 Å². The molecule has 0 radical (unpaired) electrons. The van der Waals surface area contributed by atoms with Crippen LogP contribution in [-0.2, 0) is 16.1 Å². The number of carbonyl (C=O) groups is 2. The molecule has 0 spiro atoms. The SMILES string of the molecule is O=C(c1ccc(F)cc1)N(CC1CCCC(N(Cc2ccccn2)C(=O)C(Cl)(Cl)Cl)C1)c1cccc(OCCN2CCOCC2)c1. The number of amides is 2. The van der Waals surface area contributed by atoms with E-state index in [2.05, 4.69) is 9.88 Å². The van der Waals surface area contributed by atoms with E-state index in [9.17, 15) is 14.0 Å². The Morgan fingerprint density at radius 1 is 1.02 bits per heavy atom. The molecule has 0 bridgehead atoms. The third kappa shape index (κ3) is 9.55. The number of hydrogen-bond donors (Lipinski definition) is 0. The Morgan fingerprint density at radius 2 is 1.80 bits per heavy atom. The molecule has 46 heavy (non-hydrogen) atoms. The first-order chi connectivity index (χ1) is 22.2. The fourth-order valence-corrected chi connectivity index (χ4v) is 6.40. The second kappa shape index (κ2) is 16.2. The van der Waals surface area contributed by atoms with E-state index in [0.29, 0.717) is 42.3 Å². The van der Waals surface area contributed by atoms with E-state index in [-0.39, 0.29) is 24.4 Å². The standard InChI is InChI=1S/C34H38Cl3FN4O4/c35-34(36,37)33(44)42(24-28-6-1-2-14-39-28)29-7-3-5-25(21-29)23-41(32(43)26-10-12-27(38)13-11-26)30-8-4-9-31(22-30)46-20-17-40-15-18-45-19-16-40/h1-2,4,6,8-14,22,25,29H,3,5,7,15-21,23-24H2. The van der Waals surface area contributed by atoms with Crippen LogP contribution in [0.25, 0.3) is 0 Å². The van der Waals surface area contributed by atoms with Gasteiger partial charge in [0.05, 0.1) is 25.5 Å². The topological polar surface area (TPSA) is 75.2 Å². The van der Waals surface area contributed by atoms with Crippen molar-refractivity contribution < 1.29 is 23.5 Å². The van der Waals surface area contributed by atoms with Crippen molar-refractivity contribution in [3.8, 4) is 5.75 Å². The summed E-state index contributed by atoms with van der Waals surface area (Å²) >= 11 is 18.3. The van der Waals surface area contributed by atoms with Crippen molar-refractivity contribution in [1.29, 1.82) is 0 Å². The highest BCUT2D eigenvalue weighted by Gasteiger charge is 2.40. The molecular formula is C34H38Cl3FN4O4. The molecule has 5 rings (SSSR count). The lowest BCUT2D eigenvalue weighted by Crippen LogP contribution is -2.48. The van der Waals surface area contributed by atoms with Crippen molar-refractivity contribution in [1.82, 2.24) is 14.8 Å². The average molecular weight is 692 g/mol. The molecule has 2 heterocycles. The number of aromatic nitrogens is 1. The van der Waals surface area contributed by atoms with Gasteiger partial charge in [0, 0.05) is 55.7 Å². The van der Waals surface area contributed by atoms with Crippen LogP contribution in [0.15, 0.2) is 72.9 Å². The average Bonchev–Trinajstić information content (AvgIpc) is 3.07. The lowest BCUT2D eigenvalue weighted by atomic mass is 9.84. The smallest absolute Gasteiger partial charge is 0.275 e. The van der Waals surface area contributed by atoms with E-state index in [1.54, 1.807) is 22.1 Å². The molecule has 1 aromatic heterocycles. The minimum absolute atomic E-state index is 0.0310. The third-order valence-electron chi connectivity index (χ3n) is 8.44. The number of rotatable bonds is 11. The molecule has 12 heteroatoms. The molecule has 1 aliphatic carbocycles. The van der Waals surface area contributed by atoms with E-state index in [1.807, 2.05) is 36.4 Å². The van der Waals surface area contributed by atoms with Gasteiger partial charge in [-0.1, -0.05) is 53.4 Å². The van der Waals surface area contributed by atoms with Crippen molar-refractivity contribution in [2.75, 3.05) is 50.9 Å². The van der Waals surface area contributed by atoms with Crippen LogP contribution in [0.2, 0.25) is 0 Å². The van der Waals surface area contributed by atoms with Crippen molar-refractivity contribution in [2.45, 2.75) is 42.1 Å². The highest BCUT2D eigenvalue weighted by atomic mass is 35.6. The summed E-state index contributed by atoms with van der Waals surface area (Å²) in [7, 11) is 0. The predicted molar refractivity (Wildman–Crippen MR) is 178 cm³/mol. The molecule has 1 aliphatic heterocycles. The van der Waals surface area contributed by atoms with Crippen LogP contribution in [0.3, 0.4) is 0 Å². The molecule has 8 nitrogen and oxygen atoms in total. The maximum atomic E-state index is 14.0. The van der Waals surface area contributed by atoms with Gasteiger partial charge < -0.3 is 19.3 Å². The summed E-state index contributed by atoms with van der Waals surface area (Å²) in [6, 6.07) is 18.3. The van der Waals surface area contributed by atoms with E-state index < -0.39 is 15.5 Å². The lowest BCUT2D eigenvalue weighted by molar-refractivity contribution is -0.134. The quantitative estimate of drug-likeness (QED) is 0.213. The predicted octanol–water partition coefficient (Wildman–Crippen LogP) is 6.54. The van der Waals surface area contributed by atoms with Gasteiger partial charge in [-0.3, -0.25) is 19.5 Å². The minimum Gasteiger partial charge on any atom is -0.492 e. The summed E-state index contributed by atoms with van der Waals surface area (Å²) in [4.78, 5) is 37.3. The fraction of sp³-hybridized carbons (Fsp3) is 0.441. The van der Waals surface area contributed by atoms with Gasteiger partial charge in [-0.15, -0.1) is 0 Å². The lowest BCUT2D eigenvalue weighted by Gasteiger charge is -2.40. The number of morpholine rings is 1. The van der Waals surface area contributed by atoms with E-state index in [4.69, 9.17) is 44.3 Å². The van der Waals surface area contributed by atoms with E-state index in [0.717, 1.165) is 52.1 Å². The molecule has 1 saturated carbocycles. The zero-order valence-corrected chi connectivity index (χ0v) is 27.8. The van der Waals surface area contributed by atoms with Gasteiger partial charge in [0.1, 0.15) is 18.2 Å². The summed E-state index contributed by atoms with van der Waals surface area (Å²) < 4.78 is 23.2. The number of carbonyl (C=O) groups excluding carboxylic acids is 2. The van der Waals surface area contributed by atoms with Gasteiger partial charge in [-0.2, -0.15) is 0 Å².